The molecule has 0 atom stereocenters. The van der Waals surface area contributed by atoms with Crippen LogP contribution in [0, 0.1) is 0 Å². The second kappa shape index (κ2) is 51.2. The second-order valence-electron chi connectivity index (χ2n) is 20.0. The second-order valence-corrected chi connectivity index (χ2v) is 20.0. The van der Waals surface area contributed by atoms with Crippen LogP contribution >= 0.6 is 0 Å². The Bertz CT molecular complexity index is 1410. The molecule has 0 N–H and O–H groups in total. The van der Waals surface area contributed by atoms with Crippen molar-refractivity contribution in [3.63, 3.8) is 0 Å². The van der Waals surface area contributed by atoms with E-state index in [0.717, 1.165) is 57.8 Å². The maximum atomic E-state index is 13.5. The number of esters is 3. The molecular formula is C63H108O6. The molecule has 0 aromatic heterocycles. The number of hydrogen-bond donors (Lipinski definition) is 0. The van der Waals surface area contributed by atoms with Gasteiger partial charge in [0.05, 0.1) is 36.5 Å². The lowest BCUT2D eigenvalue weighted by atomic mass is 10.0. The van der Waals surface area contributed by atoms with Crippen molar-refractivity contribution >= 4 is 17.9 Å². The Labute approximate surface area is 426 Å². The number of allylic oxidation sites excluding steroid dienone is 6. The van der Waals surface area contributed by atoms with Gasteiger partial charge in [0.2, 0.25) is 0 Å². The van der Waals surface area contributed by atoms with Crippen LogP contribution in [0.3, 0.4) is 0 Å². The van der Waals surface area contributed by atoms with E-state index in [2.05, 4.69) is 57.2 Å². The standard InChI is InChI=1S/C63H108O6/c1-4-7-10-13-16-19-22-25-28-31-34-37-40-43-46-49-54-67-61(64)58-52-53-59(62(65)68-55-50-47-44-41-38-35-32-29-26-23-20-17-14-11-8-5-2)60(57-58)63(66)69-56-51-48-45-42-39-36-33-30-27-24-21-18-15-12-9-6-3/h22-27,52-53,57H,4-21,28-51,54-56H2,1-3H3/b25-22+,26-23+,27-24+. The normalized spacial score (nSPS) is 11.7. The van der Waals surface area contributed by atoms with Gasteiger partial charge in [0.15, 0.2) is 0 Å². The summed E-state index contributed by atoms with van der Waals surface area (Å²) in [5.41, 5.74) is 0.452. The predicted molar refractivity (Wildman–Crippen MR) is 296 cm³/mol. The zero-order valence-corrected chi connectivity index (χ0v) is 45.5. The molecule has 0 saturated carbocycles. The molecule has 0 heterocycles. The van der Waals surface area contributed by atoms with Crippen LogP contribution in [0.5, 0.6) is 0 Å². The lowest BCUT2D eigenvalue weighted by molar-refractivity contribution is 0.0447. The Balaban J connectivity index is 2.47. The highest BCUT2D eigenvalue weighted by Crippen LogP contribution is 2.19. The molecular weight excluding hydrogens is 853 g/mol. The molecule has 1 rings (SSSR count). The average molecular weight is 962 g/mol. The van der Waals surface area contributed by atoms with Gasteiger partial charge in [-0.2, -0.15) is 0 Å². The van der Waals surface area contributed by atoms with Crippen LogP contribution in [0.25, 0.3) is 0 Å². The van der Waals surface area contributed by atoms with Crippen LogP contribution < -0.4 is 0 Å². The molecule has 0 fully saturated rings. The van der Waals surface area contributed by atoms with Crippen molar-refractivity contribution in [3.8, 4) is 0 Å². The number of benzene rings is 1. The quantitative estimate of drug-likeness (QED) is 0.0280. The number of hydrogen-bond acceptors (Lipinski definition) is 6. The lowest BCUT2D eigenvalue weighted by Crippen LogP contribution is -2.17. The molecule has 0 aliphatic heterocycles. The molecule has 0 spiro atoms. The van der Waals surface area contributed by atoms with Crippen molar-refractivity contribution < 1.29 is 28.6 Å². The third-order valence-corrected chi connectivity index (χ3v) is 13.4. The monoisotopic (exact) mass is 961 g/mol. The first-order valence-corrected chi connectivity index (χ1v) is 29.6. The van der Waals surface area contributed by atoms with E-state index in [1.54, 1.807) is 6.07 Å². The van der Waals surface area contributed by atoms with Crippen LogP contribution in [-0.2, 0) is 14.2 Å². The molecule has 0 saturated heterocycles. The third-order valence-electron chi connectivity index (χ3n) is 13.4. The predicted octanol–water partition coefficient (Wildman–Crippen LogP) is 20.3. The largest absolute Gasteiger partial charge is 0.462 e. The van der Waals surface area contributed by atoms with Crippen molar-refractivity contribution in [1.82, 2.24) is 0 Å². The van der Waals surface area contributed by atoms with Crippen molar-refractivity contribution in [3.05, 3.63) is 71.3 Å². The zero-order valence-electron chi connectivity index (χ0n) is 45.5. The summed E-state index contributed by atoms with van der Waals surface area (Å²) in [6.45, 7) is 7.70. The van der Waals surface area contributed by atoms with Crippen molar-refractivity contribution in [2.45, 2.75) is 290 Å². The first-order valence-electron chi connectivity index (χ1n) is 29.6. The van der Waals surface area contributed by atoms with Crippen LogP contribution in [0.15, 0.2) is 54.7 Å². The summed E-state index contributed by atoms with van der Waals surface area (Å²) in [6.07, 6.45) is 65.0. The summed E-state index contributed by atoms with van der Waals surface area (Å²) in [4.78, 5) is 39.9. The van der Waals surface area contributed by atoms with E-state index in [9.17, 15) is 14.4 Å². The van der Waals surface area contributed by atoms with Crippen molar-refractivity contribution in [2.24, 2.45) is 0 Å². The van der Waals surface area contributed by atoms with Gasteiger partial charge in [-0.25, -0.2) is 14.4 Å². The summed E-state index contributed by atoms with van der Waals surface area (Å²) < 4.78 is 17.0. The van der Waals surface area contributed by atoms with Gasteiger partial charge in [-0.1, -0.05) is 231 Å². The van der Waals surface area contributed by atoms with E-state index in [1.165, 1.54) is 224 Å². The molecule has 0 unspecified atom stereocenters. The van der Waals surface area contributed by atoms with Gasteiger partial charge < -0.3 is 14.2 Å². The van der Waals surface area contributed by atoms with E-state index >= 15 is 0 Å². The Hall–Kier alpha value is -3.15. The average Bonchev–Trinajstić information content (AvgIpc) is 3.36. The maximum absolute atomic E-state index is 13.5. The SMILES string of the molecule is CCCCCCC/C=C/CCCCCCCCCOC(=O)c1ccc(C(=O)OCCCCCCCCC/C=C/CCCCCCC)c(C(=O)OCCCCCCCCC/C=C/CCCCCCC)c1. The Morgan fingerprint density at radius 1 is 0.304 bits per heavy atom. The number of carbonyl (C=O) groups is 3. The molecule has 6 nitrogen and oxygen atoms in total. The molecule has 0 bridgehead atoms. The minimum atomic E-state index is -0.600. The highest BCUT2D eigenvalue weighted by Gasteiger charge is 2.22. The van der Waals surface area contributed by atoms with E-state index in [4.69, 9.17) is 14.2 Å². The van der Waals surface area contributed by atoms with Crippen molar-refractivity contribution in [1.29, 1.82) is 0 Å². The molecule has 6 heteroatoms. The summed E-state index contributed by atoms with van der Waals surface area (Å²) in [7, 11) is 0. The zero-order chi connectivity index (χ0) is 49.8. The third kappa shape index (κ3) is 41.2. The Morgan fingerprint density at radius 2 is 0.551 bits per heavy atom. The Kier molecular flexibility index (Phi) is 47.4. The van der Waals surface area contributed by atoms with Gasteiger partial charge in [0, 0.05) is 0 Å². The van der Waals surface area contributed by atoms with Gasteiger partial charge in [-0.15, -0.1) is 0 Å². The summed E-state index contributed by atoms with van der Waals surface area (Å²) in [6, 6.07) is 4.54. The van der Waals surface area contributed by atoms with E-state index in [0.29, 0.717) is 13.2 Å². The summed E-state index contributed by atoms with van der Waals surface area (Å²) in [5.74, 6) is -1.65. The number of ether oxygens (including phenoxy) is 3. The minimum Gasteiger partial charge on any atom is -0.462 e. The Morgan fingerprint density at radius 3 is 0.855 bits per heavy atom. The fourth-order valence-corrected chi connectivity index (χ4v) is 8.80. The van der Waals surface area contributed by atoms with E-state index < -0.39 is 17.9 Å². The van der Waals surface area contributed by atoms with Crippen LogP contribution in [0.4, 0.5) is 0 Å². The molecule has 0 amide bonds. The highest BCUT2D eigenvalue weighted by atomic mass is 16.5. The van der Waals surface area contributed by atoms with Crippen LogP contribution in [0.2, 0.25) is 0 Å². The van der Waals surface area contributed by atoms with Gasteiger partial charge in [-0.05, 0) is 115 Å². The van der Waals surface area contributed by atoms with E-state index in [1.807, 2.05) is 0 Å². The summed E-state index contributed by atoms with van der Waals surface area (Å²) >= 11 is 0. The molecule has 0 aliphatic carbocycles. The number of carbonyl (C=O) groups excluding carboxylic acids is 3. The van der Waals surface area contributed by atoms with Gasteiger partial charge >= 0.3 is 17.9 Å². The molecule has 396 valence electrons. The van der Waals surface area contributed by atoms with Crippen LogP contribution in [-0.4, -0.2) is 37.7 Å². The molecule has 1 aromatic carbocycles. The van der Waals surface area contributed by atoms with Crippen LogP contribution in [0.1, 0.15) is 322 Å². The van der Waals surface area contributed by atoms with Gasteiger partial charge in [0.1, 0.15) is 0 Å². The fourth-order valence-electron chi connectivity index (χ4n) is 8.80. The number of unbranched alkanes of at least 4 members (excludes halogenated alkanes) is 36. The molecule has 69 heavy (non-hydrogen) atoms. The van der Waals surface area contributed by atoms with E-state index in [-0.39, 0.29) is 23.3 Å². The number of rotatable bonds is 51. The van der Waals surface area contributed by atoms with Gasteiger partial charge in [0.25, 0.3) is 0 Å². The fraction of sp³-hybridized carbons (Fsp3) is 0.762. The van der Waals surface area contributed by atoms with Crippen molar-refractivity contribution in [2.75, 3.05) is 19.8 Å². The lowest BCUT2D eigenvalue weighted by Gasteiger charge is -2.12. The topological polar surface area (TPSA) is 78.9 Å². The molecule has 0 aliphatic rings. The minimum absolute atomic E-state index is 0.0692. The maximum Gasteiger partial charge on any atom is 0.339 e. The summed E-state index contributed by atoms with van der Waals surface area (Å²) in [5, 5.41) is 0. The smallest absolute Gasteiger partial charge is 0.339 e. The molecule has 1 aromatic rings. The first-order chi connectivity index (χ1) is 34.0. The highest BCUT2D eigenvalue weighted by molar-refractivity contribution is 6.05. The first kappa shape index (κ1) is 63.9. The molecule has 0 radical (unpaired) electrons. The van der Waals surface area contributed by atoms with Gasteiger partial charge in [-0.3, -0.25) is 0 Å².